The lowest BCUT2D eigenvalue weighted by Gasteiger charge is -1.74. The highest BCUT2D eigenvalue weighted by atomic mass is 16.4. The molecule has 8 heteroatoms. The molecule has 0 aliphatic rings. The van der Waals surface area contributed by atoms with Crippen molar-refractivity contribution in [2.24, 2.45) is 0 Å². The number of rotatable bonds is 4. The maximum atomic E-state index is 9.55. The molecule has 0 aromatic carbocycles. The van der Waals surface area contributed by atoms with E-state index in [9.17, 15) is 19.2 Å². The second kappa shape index (κ2) is 14.4. The van der Waals surface area contributed by atoms with E-state index in [1.807, 2.05) is 0 Å². The summed E-state index contributed by atoms with van der Waals surface area (Å²) in [6, 6.07) is 0. The van der Waals surface area contributed by atoms with E-state index in [2.05, 4.69) is 0 Å². The van der Waals surface area contributed by atoms with Crippen LogP contribution in [0.2, 0.25) is 0 Å². The molecule has 0 atom stereocenters. The number of carboxylic acids is 4. The molecule has 8 nitrogen and oxygen atoms in total. The van der Waals surface area contributed by atoms with Gasteiger partial charge in [-0.05, 0) is 0 Å². The van der Waals surface area contributed by atoms with Gasteiger partial charge in [-0.1, -0.05) is 14.9 Å². The highest BCUT2D eigenvalue weighted by molar-refractivity contribution is 5.90. The van der Waals surface area contributed by atoms with Crippen molar-refractivity contribution in [1.82, 2.24) is 0 Å². The Labute approximate surface area is 103 Å². The fourth-order valence-corrected chi connectivity index (χ4v) is 0.285. The van der Waals surface area contributed by atoms with Crippen molar-refractivity contribution in [2.45, 2.75) is 14.9 Å². The third kappa shape index (κ3) is 37.7. The minimum absolute atomic E-state index is 0. The van der Waals surface area contributed by atoms with Crippen LogP contribution >= 0.6 is 0 Å². The number of carbonyl (C=O) groups is 4. The molecule has 0 saturated heterocycles. The van der Waals surface area contributed by atoms with Crippen LogP contribution in [0.1, 0.15) is 14.9 Å². The predicted octanol–water partition coefficient (Wildman–Crippen LogP) is 0.696. The largest absolute Gasteiger partial charge is 0.478 e. The Hall–Kier alpha value is -2.64. The lowest BCUT2D eigenvalue weighted by molar-refractivity contribution is -0.134. The maximum Gasteiger partial charge on any atom is 0.328 e. The molecule has 18 heavy (non-hydrogen) atoms. The molecule has 0 aliphatic heterocycles. The number of hydrogen-bond donors (Lipinski definition) is 4. The van der Waals surface area contributed by atoms with E-state index >= 15 is 0 Å². The fraction of sp³-hybridized carbons (Fsp3) is 0.200. The van der Waals surface area contributed by atoms with Crippen molar-refractivity contribution in [3.05, 3.63) is 24.3 Å². The normalized spacial score (nSPS) is 8.44. The first-order valence-corrected chi connectivity index (χ1v) is 3.53. The first-order valence-electron chi connectivity index (χ1n) is 3.53. The molecule has 0 aromatic heterocycles. The Morgan fingerprint density at radius 3 is 0.667 bits per heavy atom. The summed E-state index contributed by atoms with van der Waals surface area (Å²) in [4.78, 5) is 38.2. The minimum Gasteiger partial charge on any atom is -0.478 e. The Bertz CT molecular complexity index is 274. The molecule has 104 valence electrons. The van der Waals surface area contributed by atoms with Gasteiger partial charge in [0.05, 0.1) is 0 Å². The molecule has 0 saturated carbocycles. The Morgan fingerprint density at radius 1 is 0.500 bits per heavy atom. The molecule has 0 spiro atoms. The van der Waals surface area contributed by atoms with Crippen molar-refractivity contribution in [1.29, 1.82) is 0 Å². The summed E-state index contributed by atoms with van der Waals surface area (Å²) in [5.74, 6) is -5.03. The highest BCUT2D eigenvalue weighted by Crippen LogP contribution is 1.71. The van der Waals surface area contributed by atoms with Crippen LogP contribution in [0.3, 0.4) is 0 Å². The van der Waals surface area contributed by atoms with Gasteiger partial charge in [0, 0.05) is 24.3 Å². The average Bonchev–Trinajstić information content (AvgIpc) is 2.12. The Kier molecular flexibility index (Phi) is 19.6. The van der Waals surface area contributed by atoms with E-state index in [0.29, 0.717) is 24.3 Å². The lowest BCUT2D eigenvalue weighted by Crippen LogP contribution is -1.91. The maximum absolute atomic E-state index is 9.55. The zero-order valence-electron chi connectivity index (χ0n) is 7.73. The van der Waals surface area contributed by atoms with E-state index < -0.39 is 23.9 Å². The smallest absolute Gasteiger partial charge is 0.328 e. The van der Waals surface area contributed by atoms with Crippen molar-refractivity contribution < 1.29 is 39.6 Å². The Balaban J connectivity index is -0.0000000980. The van der Waals surface area contributed by atoms with Crippen LogP contribution in [0.4, 0.5) is 0 Å². The topological polar surface area (TPSA) is 149 Å². The fourth-order valence-electron chi connectivity index (χ4n) is 0.285. The molecular formula is C10H16O8. The van der Waals surface area contributed by atoms with Gasteiger partial charge >= 0.3 is 23.9 Å². The second-order valence-corrected chi connectivity index (χ2v) is 2.02. The van der Waals surface area contributed by atoms with E-state index in [1.54, 1.807) is 0 Å². The van der Waals surface area contributed by atoms with E-state index in [4.69, 9.17) is 20.4 Å². The third-order valence-electron chi connectivity index (χ3n) is 0.737. The van der Waals surface area contributed by atoms with Gasteiger partial charge in [0.1, 0.15) is 0 Å². The van der Waals surface area contributed by atoms with Gasteiger partial charge < -0.3 is 20.4 Å². The molecule has 4 N–H and O–H groups in total. The number of hydrogen-bond acceptors (Lipinski definition) is 4. The summed E-state index contributed by atoms with van der Waals surface area (Å²) in [7, 11) is 0. The molecule has 0 fully saturated rings. The monoisotopic (exact) mass is 264 g/mol. The molecule has 0 radical (unpaired) electrons. The van der Waals surface area contributed by atoms with Crippen LogP contribution in [-0.4, -0.2) is 44.3 Å². The molecule has 0 amide bonds. The molecule has 0 heterocycles. The quantitative estimate of drug-likeness (QED) is 0.542. The molecule has 0 aromatic rings. The molecule has 0 aliphatic carbocycles. The first kappa shape index (κ1) is 24.5. The summed E-state index contributed by atoms with van der Waals surface area (Å²) in [6.45, 7) is 0. The standard InChI is InChI=1S/2C4H4O4.2CH4/c2*5-3(6)1-2-4(7)8;;/h2*1-2H,(H,5,6)(H,7,8);2*1H4/b2-1+;2-1-;;. The minimum atomic E-state index is -1.26. The van der Waals surface area contributed by atoms with Gasteiger partial charge in [0.25, 0.3) is 0 Å². The third-order valence-corrected chi connectivity index (χ3v) is 0.737. The van der Waals surface area contributed by atoms with Gasteiger partial charge in [0.2, 0.25) is 0 Å². The zero-order valence-corrected chi connectivity index (χ0v) is 7.73. The van der Waals surface area contributed by atoms with Crippen molar-refractivity contribution in [3.63, 3.8) is 0 Å². The summed E-state index contributed by atoms with van der Waals surface area (Å²) in [5.41, 5.74) is 0. The van der Waals surface area contributed by atoms with Crippen molar-refractivity contribution >= 4 is 23.9 Å². The Morgan fingerprint density at radius 2 is 0.611 bits per heavy atom. The van der Waals surface area contributed by atoms with E-state index in [-0.39, 0.29) is 14.9 Å². The highest BCUT2D eigenvalue weighted by Gasteiger charge is 1.88. The van der Waals surface area contributed by atoms with Crippen LogP contribution in [0.5, 0.6) is 0 Å². The van der Waals surface area contributed by atoms with Crippen LogP contribution in [0.15, 0.2) is 24.3 Å². The van der Waals surface area contributed by atoms with Gasteiger partial charge in [-0.15, -0.1) is 0 Å². The van der Waals surface area contributed by atoms with Crippen molar-refractivity contribution in [3.8, 4) is 0 Å². The average molecular weight is 264 g/mol. The summed E-state index contributed by atoms with van der Waals surface area (Å²) in [5, 5.41) is 31.2. The SMILES string of the molecule is C.C.O=C(O)/C=C/C(=O)O.O=C(O)/C=C\C(=O)O. The predicted molar refractivity (Wildman–Crippen MR) is 62.3 cm³/mol. The van der Waals surface area contributed by atoms with Gasteiger partial charge in [-0.2, -0.15) is 0 Å². The van der Waals surface area contributed by atoms with E-state index in [1.165, 1.54) is 0 Å². The second-order valence-electron chi connectivity index (χ2n) is 2.02. The number of carboxylic acid groups (broad SMARTS) is 4. The van der Waals surface area contributed by atoms with E-state index in [0.717, 1.165) is 0 Å². The first-order chi connectivity index (χ1) is 7.25. The summed E-state index contributed by atoms with van der Waals surface area (Å²) >= 11 is 0. The summed E-state index contributed by atoms with van der Waals surface area (Å²) < 4.78 is 0. The number of aliphatic carboxylic acids is 4. The van der Waals surface area contributed by atoms with Gasteiger partial charge in [-0.3, -0.25) is 0 Å². The van der Waals surface area contributed by atoms with Gasteiger partial charge in [-0.25, -0.2) is 19.2 Å². The van der Waals surface area contributed by atoms with Crippen LogP contribution < -0.4 is 0 Å². The van der Waals surface area contributed by atoms with Crippen LogP contribution in [-0.2, 0) is 19.2 Å². The molecular weight excluding hydrogens is 248 g/mol. The zero-order chi connectivity index (χ0) is 13.1. The van der Waals surface area contributed by atoms with Crippen LogP contribution in [0, 0.1) is 0 Å². The summed E-state index contributed by atoms with van der Waals surface area (Å²) in [6.07, 6.45) is 2.23. The lowest BCUT2D eigenvalue weighted by atomic mass is 10.5. The van der Waals surface area contributed by atoms with Crippen molar-refractivity contribution in [2.75, 3.05) is 0 Å². The molecule has 0 unspecified atom stereocenters. The van der Waals surface area contributed by atoms with Crippen LogP contribution in [0.25, 0.3) is 0 Å². The molecule has 0 rings (SSSR count). The molecule has 0 bridgehead atoms. The van der Waals surface area contributed by atoms with Gasteiger partial charge in [0.15, 0.2) is 0 Å².